The summed E-state index contributed by atoms with van der Waals surface area (Å²) in [4.78, 5) is 12.4. The first-order valence-electron chi connectivity index (χ1n) is 10.6. The molecule has 2 atom stereocenters. The molecule has 1 aliphatic rings. The van der Waals surface area contributed by atoms with E-state index < -0.39 is 24.4 Å². The van der Waals surface area contributed by atoms with Crippen molar-refractivity contribution in [3.63, 3.8) is 0 Å². The van der Waals surface area contributed by atoms with Gasteiger partial charge in [0.1, 0.15) is 6.04 Å². The van der Waals surface area contributed by atoms with Gasteiger partial charge in [0, 0.05) is 7.11 Å². The number of carbonyl (C=O) groups is 1. The lowest BCUT2D eigenvalue weighted by atomic mass is 9.75. The molecule has 0 aromatic heterocycles. The second-order valence-electron chi connectivity index (χ2n) is 8.18. The van der Waals surface area contributed by atoms with Crippen molar-refractivity contribution >= 4 is 13.0 Å². The molecular weight excluding hydrogens is 367 g/mol. The molecule has 0 spiro atoms. The second kappa shape index (κ2) is 11.7. The van der Waals surface area contributed by atoms with Gasteiger partial charge in [-0.1, -0.05) is 44.2 Å². The Morgan fingerprint density at radius 2 is 1.69 bits per heavy atom. The highest BCUT2D eigenvalue weighted by Crippen LogP contribution is 2.38. The Morgan fingerprint density at radius 1 is 1.14 bits per heavy atom. The SMILES string of the molecule is CC.COCC(N)C(=O)NC(CCCc1ccccc1)B1OC(C)(C)C(C)(C)O1. The number of amides is 1. The highest BCUT2D eigenvalue weighted by molar-refractivity contribution is 6.48. The van der Waals surface area contributed by atoms with Crippen molar-refractivity contribution in [2.24, 2.45) is 5.73 Å². The van der Waals surface area contributed by atoms with Crippen LogP contribution in [-0.4, -0.2) is 49.9 Å². The predicted octanol–water partition coefficient (Wildman–Crippen LogP) is 3.13. The van der Waals surface area contributed by atoms with Crippen LogP contribution in [0.25, 0.3) is 0 Å². The molecule has 3 N–H and O–H groups in total. The lowest BCUT2D eigenvalue weighted by Gasteiger charge is -2.32. The van der Waals surface area contributed by atoms with E-state index >= 15 is 0 Å². The van der Waals surface area contributed by atoms with Crippen LogP contribution in [0.5, 0.6) is 0 Å². The Morgan fingerprint density at radius 3 is 2.21 bits per heavy atom. The third-order valence-electron chi connectivity index (χ3n) is 5.43. The number of methoxy groups -OCH3 is 1. The minimum absolute atomic E-state index is 0.173. The van der Waals surface area contributed by atoms with Gasteiger partial charge in [-0.15, -0.1) is 0 Å². The van der Waals surface area contributed by atoms with E-state index in [-0.39, 0.29) is 18.5 Å². The van der Waals surface area contributed by atoms with Crippen LogP contribution in [0.15, 0.2) is 30.3 Å². The number of aryl methyl sites for hydroxylation is 1. The third-order valence-corrected chi connectivity index (χ3v) is 5.43. The van der Waals surface area contributed by atoms with Crippen LogP contribution in [0.2, 0.25) is 0 Å². The molecule has 2 unspecified atom stereocenters. The molecule has 2 rings (SSSR count). The molecule has 1 amide bonds. The maximum absolute atomic E-state index is 12.4. The minimum Gasteiger partial charge on any atom is -0.402 e. The number of nitrogens with two attached hydrogens (primary N) is 1. The molecular formula is C22H39BN2O4. The molecule has 1 heterocycles. The van der Waals surface area contributed by atoms with E-state index in [9.17, 15) is 4.79 Å². The first-order chi connectivity index (χ1) is 13.7. The van der Waals surface area contributed by atoms with E-state index in [1.807, 2.05) is 59.7 Å². The topological polar surface area (TPSA) is 82.8 Å². The summed E-state index contributed by atoms with van der Waals surface area (Å²) in [6, 6.07) is 9.58. The van der Waals surface area contributed by atoms with E-state index in [4.69, 9.17) is 19.8 Å². The van der Waals surface area contributed by atoms with Crippen LogP contribution >= 0.6 is 0 Å². The van der Waals surface area contributed by atoms with Gasteiger partial charge >= 0.3 is 7.12 Å². The van der Waals surface area contributed by atoms with Crippen LogP contribution in [0.4, 0.5) is 0 Å². The normalized spacial score (nSPS) is 19.1. The van der Waals surface area contributed by atoms with Crippen molar-refractivity contribution in [3.8, 4) is 0 Å². The maximum atomic E-state index is 12.4. The third kappa shape index (κ3) is 7.41. The number of benzene rings is 1. The van der Waals surface area contributed by atoms with Crippen LogP contribution in [0.3, 0.4) is 0 Å². The summed E-state index contributed by atoms with van der Waals surface area (Å²) in [6.45, 7) is 12.2. The Bertz CT molecular complexity index is 594. The molecule has 1 saturated heterocycles. The summed E-state index contributed by atoms with van der Waals surface area (Å²) in [5.74, 6) is -0.526. The number of hydrogen-bond donors (Lipinski definition) is 2. The van der Waals surface area contributed by atoms with Gasteiger partial charge in [-0.3, -0.25) is 4.79 Å². The summed E-state index contributed by atoms with van der Waals surface area (Å²) in [5.41, 5.74) is 6.25. The number of rotatable bonds is 9. The molecule has 0 bridgehead atoms. The lowest BCUT2D eigenvalue weighted by Crippen LogP contribution is -2.53. The smallest absolute Gasteiger partial charge is 0.402 e. The van der Waals surface area contributed by atoms with Gasteiger partial charge in [-0.25, -0.2) is 0 Å². The Kier molecular flexibility index (Phi) is 10.3. The van der Waals surface area contributed by atoms with Crippen molar-refractivity contribution in [2.45, 2.75) is 84.0 Å². The first-order valence-corrected chi connectivity index (χ1v) is 10.6. The van der Waals surface area contributed by atoms with Gasteiger partial charge in [0.05, 0.1) is 23.8 Å². The monoisotopic (exact) mass is 406 g/mol. The second-order valence-corrected chi connectivity index (χ2v) is 8.18. The van der Waals surface area contributed by atoms with Crippen LogP contribution in [-0.2, 0) is 25.3 Å². The fourth-order valence-corrected chi connectivity index (χ4v) is 3.04. The van der Waals surface area contributed by atoms with Crippen molar-refractivity contribution in [3.05, 3.63) is 35.9 Å². The van der Waals surface area contributed by atoms with E-state index in [0.29, 0.717) is 0 Å². The molecule has 1 fully saturated rings. The summed E-state index contributed by atoms with van der Waals surface area (Å²) in [7, 11) is 1.02. The quantitative estimate of drug-likeness (QED) is 0.616. The Hall–Kier alpha value is -1.41. The largest absolute Gasteiger partial charge is 0.481 e. The molecule has 0 radical (unpaired) electrons. The zero-order chi connectivity index (χ0) is 22.1. The van der Waals surface area contributed by atoms with Gasteiger partial charge in [0.25, 0.3) is 0 Å². The number of nitrogens with one attached hydrogen (secondary N) is 1. The Balaban J connectivity index is 0.00000204. The van der Waals surface area contributed by atoms with Crippen LogP contribution < -0.4 is 11.1 Å². The highest BCUT2D eigenvalue weighted by atomic mass is 16.7. The summed E-state index contributed by atoms with van der Waals surface area (Å²) >= 11 is 0. The summed E-state index contributed by atoms with van der Waals surface area (Å²) in [6.07, 6.45) is 2.56. The van der Waals surface area contributed by atoms with Gasteiger partial charge in [0.2, 0.25) is 5.91 Å². The minimum atomic E-state index is -0.714. The summed E-state index contributed by atoms with van der Waals surface area (Å²) in [5, 5.41) is 3.01. The zero-order valence-corrected chi connectivity index (χ0v) is 19.2. The molecule has 7 heteroatoms. The van der Waals surface area contributed by atoms with Crippen LogP contribution in [0.1, 0.15) is 59.9 Å². The molecule has 1 aromatic carbocycles. The van der Waals surface area contributed by atoms with E-state index in [2.05, 4.69) is 17.4 Å². The van der Waals surface area contributed by atoms with E-state index in [1.54, 1.807) is 0 Å². The first kappa shape index (κ1) is 25.6. The molecule has 29 heavy (non-hydrogen) atoms. The molecule has 6 nitrogen and oxygen atoms in total. The number of carbonyl (C=O) groups excluding carboxylic acids is 1. The van der Waals surface area contributed by atoms with Crippen LogP contribution in [0, 0.1) is 0 Å². The Labute approximate surface area is 177 Å². The number of hydrogen-bond acceptors (Lipinski definition) is 5. The fraction of sp³-hybridized carbons (Fsp3) is 0.682. The molecule has 1 aromatic rings. The highest BCUT2D eigenvalue weighted by Gasteiger charge is 2.54. The molecule has 0 saturated carbocycles. The van der Waals surface area contributed by atoms with Gasteiger partial charge in [0.15, 0.2) is 0 Å². The molecule has 164 valence electrons. The lowest BCUT2D eigenvalue weighted by molar-refractivity contribution is -0.123. The van der Waals surface area contributed by atoms with Crippen molar-refractivity contribution in [1.82, 2.24) is 5.32 Å². The van der Waals surface area contributed by atoms with Crippen molar-refractivity contribution in [1.29, 1.82) is 0 Å². The summed E-state index contributed by atoms with van der Waals surface area (Å²) < 4.78 is 17.3. The maximum Gasteiger partial charge on any atom is 0.481 e. The molecule has 1 aliphatic heterocycles. The zero-order valence-electron chi connectivity index (χ0n) is 19.2. The number of ether oxygens (including phenoxy) is 1. The van der Waals surface area contributed by atoms with Gasteiger partial charge < -0.3 is 25.1 Å². The fourth-order valence-electron chi connectivity index (χ4n) is 3.04. The van der Waals surface area contributed by atoms with Crippen molar-refractivity contribution < 1.29 is 18.8 Å². The molecule has 0 aliphatic carbocycles. The van der Waals surface area contributed by atoms with Gasteiger partial charge in [-0.2, -0.15) is 0 Å². The van der Waals surface area contributed by atoms with Crippen molar-refractivity contribution in [2.75, 3.05) is 13.7 Å². The standard InChI is InChI=1S/C20H33BN2O4.C2H6/c1-19(2)20(3,4)27-21(26-19)17(23-18(24)16(22)14-25-5)13-9-12-15-10-7-6-8-11-15;1-2/h6-8,10-11,16-17H,9,12-14,22H2,1-5H3,(H,23,24);1-2H3. The van der Waals surface area contributed by atoms with E-state index in [0.717, 1.165) is 19.3 Å². The predicted molar refractivity (Wildman–Crippen MR) is 119 cm³/mol. The average molecular weight is 406 g/mol. The average Bonchev–Trinajstić information content (AvgIpc) is 2.90. The van der Waals surface area contributed by atoms with Gasteiger partial charge in [-0.05, 0) is 52.5 Å². The van der Waals surface area contributed by atoms with E-state index in [1.165, 1.54) is 12.7 Å².